The van der Waals surface area contributed by atoms with E-state index in [4.69, 9.17) is 0 Å². The van der Waals surface area contributed by atoms with E-state index < -0.39 is 0 Å². The highest BCUT2D eigenvalue weighted by atomic mass is 16.3. The molecule has 0 saturated carbocycles. The zero-order valence-corrected chi connectivity index (χ0v) is 12.1. The third kappa shape index (κ3) is 4.30. The molecule has 3 heteroatoms. The first-order valence-corrected chi connectivity index (χ1v) is 7.26. The van der Waals surface area contributed by atoms with Gasteiger partial charge in [0.15, 0.2) is 0 Å². The molecule has 1 aromatic rings. The van der Waals surface area contributed by atoms with Gasteiger partial charge in [-0.15, -0.1) is 0 Å². The van der Waals surface area contributed by atoms with E-state index in [1.165, 1.54) is 5.56 Å². The molecule has 1 aromatic carbocycles. The van der Waals surface area contributed by atoms with Crippen LogP contribution in [0.2, 0.25) is 0 Å². The Labute approximate surface area is 116 Å². The van der Waals surface area contributed by atoms with E-state index in [2.05, 4.69) is 54.1 Å². The first kappa shape index (κ1) is 14.5. The van der Waals surface area contributed by atoms with Crippen LogP contribution in [0, 0.1) is 5.92 Å². The maximum Gasteiger partial charge on any atom is 0.0446 e. The molecule has 19 heavy (non-hydrogen) atoms. The molecule has 1 N–H and O–H groups in total. The van der Waals surface area contributed by atoms with Crippen molar-refractivity contribution in [3.8, 4) is 0 Å². The van der Waals surface area contributed by atoms with Gasteiger partial charge >= 0.3 is 0 Å². The maximum absolute atomic E-state index is 9.30. The highest BCUT2D eigenvalue weighted by Crippen LogP contribution is 2.18. The van der Waals surface area contributed by atoms with Crippen LogP contribution in [-0.4, -0.2) is 54.2 Å². The normalized spacial score (nSPS) is 26.3. The van der Waals surface area contributed by atoms with Crippen molar-refractivity contribution < 1.29 is 5.11 Å². The van der Waals surface area contributed by atoms with Crippen LogP contribution in [0.5, 0.6) is 0 Å². The Morgan fingerprint density at radius 1 is 1.16 bits per heavy atom. The SMILES string of the molecule is CC1CN(C)CC(CCO)N(Cc2ccccc2)C1. The number of rotatable bonds is 4. The van der Waals surface area contributed by atoms with Crippen LogP contribution in [0.3, 0.4) is 0 Å². The van der Waals surface area contributed by atoms with Gasteiger partial charge in [-0.05, 0) is 24.9 Å². The molecule has 1 saturated heterocycles. The highest BCUT2D eigenvalue weighted by molar-refractivity contribution is 5.14. The molecule has 106 valence electrons. The Morgan fingerprint density at radius 3 is 2.58 bits per heavy atom. The third-order valence-corrected chi connectivity index (χ3v) is 3.90. The van der Waals surface area contributed by atoms with Crippen LogP contribution < -0.4 is 0 Å². The number of aliphatic hydroxyl groups is 1. The average molecular weight is 262 g/mol. The summed E-state index contributed by atoms with van der Waals surface area (Å²) >= 11 is 0. The maximum atomic E-state index is 9.30. The number of hydrogen-bond donors (Lipinski definition) is 1. The molecule has 0 radical (unpaired) electrons. The van der Waals surface area contributed by atoms with Gasteiger partial charge in [-0.1, -0.05) is 37.3 Å². The van der Waals surface area contributed by atoms with Gasteiger partial charge in [0.25, 0.3) is 0 Å². The van der Waals surface area contributed by atoms with Crippen molar-refractivity contribution in [3.05, 3.63) is 35.9 Å². The molecule has 2 rings (SSSR count). The van der Waals surface area contributed by atoms with Crippen molar-refractivity contribution in [2.24, 2.45) is 5.92 Å². The molecule has 0 spiro atoms. The van der Waals surface area contributed by atoms with Crippen LogP contribution in [0.1, 0.15) is 18.9 Å². The van der Waals surface area contributed by atoms with E-state index in [0.29, 0.717) is 12.0 Å². The molecular weight excluding hydrogens is 236 g/mol. The Bertz CT molecular complexity index is 368. The number of aliphatic hydroxyl groups excluding tert-OH is 1. The van der Waals surface area contributed by atoms with Crippen molar-refractivity contribution >= 4 is 0 Å². The predicted octanol–water partition coefficient (Wildman–Crippen LogP) is 1.82. The molecule has 1 fully saturated rings. The van der Waals surface area contributed by atoms with Crippen molar-refractivity contribution in [1.82, 2.24) is 9.80 Å². The summed E-state index contributed by atoms with van der Waals surface area (Å²) in [5.74, 6) is 0.678. The van der Waals surface area contributed by atoms with Crippen LogP contribution >= 0.6 is 0 Å². The van der Waals surface area contributed by atoms with Gasteiger partial charge in [-0.3, -0.25) is 4.90 Å². The summed E-state index contributed by atoms with van der Waals surface area (Å²) in [6.07, 6.45) is 0.865. The van der Waals surface area contributed by atoms with Crippen LogP contribution in [0.25, 0.3) is 0 Å². The van der Waals surface area contributed by atoms with Gasteiger partial charge in [-0.25, -0.2) is 0 Å². The lowest BCUT2D eigenvalue weighted by atomic mass is 10.1. The molecule has 0 bridgehead atoms. The van der Waals surface area contributed by atoms with E-state index in [0.717, 1.165) is 32.6 Å². The molecule has 0 amide bonds. The van der Waals surface area contributed by atoms with Gasteiger partial charge < -0.3 is 10.0 Å². The second-order valence-corrected chi connectivity index (χ2v) is 5.91. The van der Waals surface area contributed by atoms with E-state index in [-0.39, 0.29) is 6.61 Å². The fourth-order valence-electron chi connectivity index (χ4n) is 3.12. The highest BCUT2D eigenvalue weighted by Gasteiger charge is 2.26. The lowest BCUT2D eigenvalue weighted by Gasteiger charge is -2.31. The van der Waals surface area contributed by atoms with Gasteiger partial charge in [-0.2, -0.15) is 0 Å². The molecule has 0 aliphatic carbocycles. The van der Waals surface area contributed by atoms with E-state index in [1.807, 2.05) is 0 Å². The fraction of sp³-hybridized carbons (Fsp3) is 0.625. The van der Waals surface area contributed by atoms with Crippen LogP contribution in [0.4, 0.5) is 0 Å². The summed E-state index contributed by atoms with van der Waals surface area (Å²) in [5, 5.41) is 9.30. The Hall–Kier alpha value is -0.900. The molecular formula is C16H26N2O. The topological polar surface area (TPSA) is 26.7 Å². The standard InChI is InChI=1S/C16H26N2O/c1-14-10-17(2)13-16(8-9-19)18(11-14)12-15-6-4-3-5-7-15/h3-7,14,16,19H,8-13H2,1-2H3. The number of nitrogens with zero attached hydrogens (tertiary/aromatic N) is 2. The second kappa shape index (κ2) is 7.04. The third-order valence-electron chi connectivity index (χ3n) is 3.90. The lowest BCUT2D eigenvalue weighted by Crippen LogP contribution is -2.40. The Balaban J connectivity index is 2.08. The zero-order chi connectivity index (χ0) is 13.7. The molecule has 3 nitrogen and oxygen atoms in total. The summed E-state index contributed by atoms with van der Waals surface area (Å²) < 4.78 is 0. The van der Waals surface area contributed by atoms with Gasteiger partial charge in [0.05, 0.1) is 0 Å². The first-order valence-electron chi connectivity index (χ1n) is 7.26. The summed E-state index contributed by atoms with van der Waals surface area (Å²) in [4.78, 5) is 4.94. The van der Waals surface area contributed by atoms with Crippen LogP contribution in [0.15, 0.2) is 30.3 Å². The van der Waals surface area contributed by atoms with E-state index in [9.17, 15) is 5.11 Å². The molecule has 1 aliphatic heterocycles. The molecule has 2 atom stereocenters. The van der Waals surface area contributed by atoms with Crippen molar-refractivity contribution in [2.45, 2.75) is 25.9 Å². The van der Waals surface area contributed by atoms with Gasteiger partial charge in [0, 0.05) is 38.8 Å². The van der Waals surface area contributed by atoms with Crippen molar-refractivity contribution in [2.75, 3.05) is 33.3 Å². The minimum atomic E-state index is 0.276. The number of hydrogen-bond acceptors (Lipinski definition) is 3. The van der Waals surface area contributed by atoms with Gasteiger partial charge in [0.2, 0.25) is 0 Å². The average Bonchev–Trinajstić information content (AvgIpc) is 2.50. The minimum absolute atomic E-state index is 0.276. The molecule has 0 aromatic heterocycles. The summed E-state index contributed by atoms with van der Waals surface area (Å²) in [6, 6.07) is 11.1. The zero-order valence-electron chi connectivity index (χ0n) is 12.1. The lowest BCUT2D eigenvalue weighted by molar-refractivity contribution is 0.139. The smallest absolute Gasteiger partial charge is 0.0446 e. The van der Waals surface area contributed by atoms with Crippen LogP contribution in [-0.2, 0) is 6.54 Å². The number of likely N-dealkylation sites (N-methyl/N-ethyl adjacent to an activating group) is 1. The first-order chi connectivity index (χ1) is 9.19. The fourth-order valence-corrected chi connectivity index (χ4v) is 3.12. The van der Waals surface area contributed by atoms with Crippen molar-refractivity contribution in [1.29, 1.82) is 0 Å². The van der Waals surface area contributed by atoms with Crippen molar-refractivity contribution in [3.63, 3.8) is 0 Å². The molecule has 1 heterocycles. The Morgan fingerprint density at radius 2 is 1.89 bits per heavy atom. The predicted molar refractivity (Wildman–Crippen MR) is 79.0 cm³/mol. The number of benzene rings is 1. The summed E-state index contributed by atoms with van der Waals surface area (Å²) in [6.45, 7) is 6.90. The molecule has 1 aliphatic rings. The van der Waals surface area contributed by atoms with Gasteiger partial charge in [0.1, 0.15) is 0 Å². The minimum Gasteiger partial charge on any atom is -0.396 e. The quantitative estimate of drug-likeness (QED) is 0.896. The summed E-state index contributed by atoms with van der Waals surface area (Å²) in [7, 11) is 2.19. The largest absolute Gasteiger partial charge is 0.396 e. The van der Waals surface area contributed by atoms with E-state index in [1.54, 1.807) is 0 Å². The second-order valence-electron chi connectivity index (χ2n) is 5.91. The molecule has 2 unspecified atom stereocenters. The van der Waals surface area contributed by atoms with E-state index >= 15 is 0 Å². The summed E-state index contributed by atoms with van der Waals surface area (Å²) in [5.41, 5.74) is 1.36. The Kier molecular flexibility index (Phi) is 5.37. The monoisotopic (exact) mass is 262 g/mol.